The lowest BCUT2D eigenvalue weighted by molar-refractivity contribution is -0.272. The van der Waals surface area contributed by atoms with E-state index in [0.29, 0.717) is 51.4 Å². The van der Waals surface area contributed by atoms with Crippen LogP contribution >= 0.6 is 15.6 Å². The van der Waals surface area contributed by atoms with Crippen LogP contribution in [0.4, 0.5) is 0 Å². The highest BCUT2D eigenvalue weighted by Crippen LogP contribution is 2.43. The zero-order valence-corrected chi connectivity index (χ0v) is 60.6. The van der Waals surface area contributed by atoms with Crippen molar-refractivity contribution in [3.05, 3.63) is 0 Å². The van der Waals surface area contributed by atoms with E-state index >= 15 is 0 Å². The molecule has 25 heteroatoms. The molecule has 0 aliphatic carbocycles. The molecule has 0 spiro atoms. The van der Waals surface area contributed by atoms with Gasteiger partial charge < -0.3 is 63.7 Å². The fourth-order valence-electron chi connectivity index (χ4n) is 11.6. The van der Waals surface area contributed by atoms with Gasteiger partial charge in [-0.25, -0.2) is 9.13 Å². The number of nitrogens with one attached hydrogen (secondary N) is 2. The van der Waals surface area contributed by atoms with Gasteiger partial charge in [0.1, 0.15) is 36.6 Å². The molecule has 1 aliphatic heterocycles. The van der Waals surface area contributed by atoms with E-state index in [4.69, 9.17) is 37.5 Å². The van der Waals surface area contributed by atoms with Crippen LogP contribution in [0.25, 0.3) is 0 Å². The minimum absolute atomic E-state index is 0.0992. The van der Waals surface area contributed by atoms with E-state index in [2.05, 4.69) is 31.4 Å². The first-order chi connectivity index (χ1) is 45.1. The molecule has 94 heavy (non-hydrogen) atoms. The quantitative estimate of drug-likeness (QED) is 0.0129. The van der Waals surface area contributed by atoms with Gasteiger partial charge in [-0.3, -0.25) is 37.8 Å². The largest absolute Gasteiger partial charge is 0.470 e. The van der Waals surface area contributed by atoms with E-state index < -0.39 is 139 Å². The van der Waals surface area contributed by atoms with Crippen molar-refractivity contribution in [2.45, 2.75) is 385 Å². The molecular weight excluding hydrogens is 1250 g/mol. The molecule has 1 rings (SSSR count). The number of amides is 2. The molecule has 0 aromatic rings. The van der Waals surface area contributed by atoms with Crippen molar-refractivity contribution < 1.29 is 100 Å². The van der Waals surface area contributed by atoms with E-state index in [1.807, 2.05) is 20.8 Å². The number of aliphatic hydroxyl groups is 1. The van der Waals surface area contributed by atoms with Gasteiger partial charge in [0.2, 0.25) is 11.8 Å². The zero-order valence-electron chi connectivity index (χ0n) is 58.8. The predicted molar refractivity (Wildman–Crippen MR) is 362 cm³/mol. The number of carbonyl (C=O) groups excluding carboxylic acids is 6. The van der Waals surface area contributed by atoms with Crippen LogP contribution in [0.3, 0.4) is 0 Å². The Bertz CT molecular complexity index is 2060. The molecule has 9 atom stereocenters. The Morgan fingerprint density at radius 1 is 0.426 bits per heavy atom. The third-order valence-electron chi connectivity index (χ3n) is 16.9. The van der Waals surface area contributed by atoms with Gasteiger partial charge in [-0.1, -0.05) is 234 Å². The number of unbranched alkanes of at least 4 members (excludes halogenated alkanes) is 30. The van der Waals surface area contributed by atoms with Gasteiger partial charge in [-0.15, -0.1) is 0 Å². The van der Waals surface area contributed by atoms with Gasteiger partial charge in [0.15, 0.2) is 12.4 Å². The number of phosphoric ester groups is 2. The molecule has 0 bridgehead atoms. The summed E-state index contributed by atoms with van der Waals surface area (Å²) in [5, 5.41) is 16.3. The Morgan fingerprint density at radius 2 is 0.777 bits per heavy atom. The van der Waals surface area contributed by atoms with E-state index in [0.717, 1.165) is 154 Å². The summed E-state index contributed by atoms with van der Waals surface area (Å²) in [6.07, 6.45) is 23.6. The fraction of sp³-hybridized carbons (Fsp3) is 0.913. The first-order valence-electron chi connectivity index (χ1n) is 36.8. The third-order valence-corrected chi connectivity index (χ3v) is 17.9. The normalized spacial score (nSPS) is 18.0. The van der Waals surface area contributed by atoms with Gasteiger partial charge in [-0.2, -0.15) is 0 Å². The maximum atomic E-state index is 14.7. The molecule has 7 N–H and O–H groups in total. The smallest absolute Gasteiger partial charge is 0.462 e. The van der Waals surface area contributed by atoms with Crippen LogP contribution in [-0.4, -0.2) is 135 Å². The predicted octanol–water partition coefficient (Wildman–Crippen LogP) is 14.6. The Balaban J connectivity index is 3.89. The Kier molecular flexibility index (Phi) is 53.7. The maximum Gasteiger partial charge on any atom is 0.470 e. The molecule has 0 radical (unpaired) electrons. The van der Waals surface area contributed by atoms with Gasteiger partial charge in [0.05, 0.1) is 45.1 Å². The van der Waals surface area contributed by atoms with Crippen LogP contribution in [0.15, 0.2) is 0 Å². The highest BCUT2D eigenvalue weighted by molar-refractivity contribution is 7.46. The summed E-state index contributed by atoms with van der Waals surface area (Å²) < 4.78 is 71.5. The van der Waals surface area contributed by atoms with Crippen molar-refractivity contribution in [1.29, 1.82) is 0 Å². The van der Waals surface area contributed by atoms with Crippen LogP contribution in [0.5, 0.6) is 0 Å². The Morgan fingerprint density at radius 3 is 1.14 bits per heavy atom. The highest BCUT2D eigenvalue weighted by Gasteiger charge is 2.52. The van der Waals surface area contributed by atoms with Crippen LogP contribution in [-0.2, 0) is 75.4 Å². The van der Waals surface area contributed by atoms with Crippen molar-refractivity contribution in [1.82, 2.24) is 10.6 Å². The number of rotatable bonds is 63. The molecule has 2 amide bonds. The lowest BCUT2D eigenvalue weighted by Gasteiger charge is -2.45. The standard InChI is InChI=1S/C69H130N2O21P2/c1-7-13-19-22-25-28-31-34-40-43-56(87-62(75)46-37-16-10-4)49-60(73)70-55(54-86-93(79,80)81)53-85-69-66(71-61(74)50-57(88-63(76)47-38-17-11-5)44-41-35-32-29-26-23-20-14-8-2)68(67(59(52-72)90-69)92-94(82,83)84)91-65(78)51-58(89-64(77)48-39-18-12-6)45-42-36-33-30-27-24-21-15-9-3/h55-59,66-69,72H,7-54H2,1-6H3,(H,70,73)(H,71,74)(H2,79,80,81)(H2,82,83,84)/t55-,56+,57+,58+,59?,66-,67+,68?,69+/m0/s1. The van der Waals surface area contributed by atoms with Gasteiger partial charge in [-0.05, 0) is 57.8 Å². The summed E-state index contributed by atoms with van der Waals surface area (Å²) >= 11 is 0. The van der Waals surface area contributed by atoms with Gasteiger partial charge in [0, 0.05) is 19.3 Å². The van der Waals surface area contributed by atoms with Crippen molar-refractivity contribution in [2.75, 3.05) is 19.8 Å². The maximum absolute atomic E-state index is 14.7. The minimum Gasteiger partial charge on any atom is -0.462 e. The number of esters is 4. The number of ether oxygens (including phenoxy) is 6. The molecule has 23 nitrogen and oxygen atoms in total. The van der Waals surface area contributed by atoms with Crippen molar-refractivity contribution in [3.8, 4) is 0 Å². The van der Waals surface area contributed by atoms with Crippen LogP contribution in [0.2, 0.25) is 0 Å². The topological polar surface area (TPSA) is 336 Å². The minimum atomic E-state index is -5.57. The molecule has 0 aromatic carbocycles. The second-order valence-corrected chi connectivity index (χ2v) is 28.3. The van der Waals surface area contributed by atoms with E-state index in [-0.39, 0.29) is 32.1 Å². The Hall–Kier alpha value is -3.08. The molecule has 2 unspecified atom stereocenters. The molecule has 552 valence electrons. The molecule has 1 saturated heterocycles. The molecule has 0 aromatic heterocycles. The number of phosphoric acid groups is 2. The number of hydrogen-bond donors (Lipinski definition) is 7. The Labute approximate surface area is 565 Å². The number of hydrogen-bond acceptors (Lipinski definition) is 17. The lowest BCUT2D eigenvalue weighted by atomic mass is 9.95. The highest BCUT2D eigenvalue weighted by atomic mass is 31.2. The molecule has 1 fully saturated rings. The summed E-state index contributed by atoms with van der Waals surface area (Å²) in [5.74, 6) is -4.08. The third kappa shape index (κ3) is 48.6. The van der Waals surface area contributed by atoms with Crippen LogP contribution in [0, 0.1) is 0 Å². The second kappa shape index (κ2) is 56.8. The van der Waals surface area contributed by atoms with E-state index in [1.54, 1.807) is 0 Å². The second-order valence-electron chi connectivity index (χ2n) is 25.9. The summed E-state index contributed by atoms with van der Waals surface area (Å²) in [6.45, 7) is 9.85. The summed E-state index contributed by atoms with van der Waals surface area (Å²) in [5.41, 5.74) is 0. The number of carbonyl (C=O) groups is 6. The van der Waals surface area contributed by atoms with Crippen molar-refractivity contribution in [3.63, 3.8) is 0 Å². The van der Waals surface area contributed by atoms with Gasteiger partial charge >= 0.3 is 39.5 Å². The molecule has 1 aliphatic rings. The number of aliphatic hydroxyl groups excluding tert-OH is 1. The first kappa shape index (κ1) is 88.9. The lowest BCUT2D eigenvalue weighted by Crippen LogP contribution is -2.66. The summed E-state index contributed by atoms with van der Waals surface area (Å²) in [7, 11) is -10.8. The van der Waals surface area contributed by atoms with Crippen molar-refractivity contribution in [2.24, 2.45) is 0 Å². The molecule has 1 heterocycles. The summed E-state index contributed by atoms with van der Waals surface area (Å²) in [6, 6.07) is -3.21. The van der Waals surface area contributed by atoms with Crippen LogP contribution < -0.4 is 10.6 Å². The zero-order chi connectivity index (χ0) is 69.7. The van der Waals surface area contributed by atoms with E-state index in [1.165, 1.54) is 38.5 Å². The van der Waals surface area contributed by atoms with Crippen LogP contribution in [0.1, 0.15) is 330 Å². The molecule has 0 saturated carbocycles. The average molecular weight is 1390 g/mol. The van der Waals surface area contributed by atoms with Crippen molar-refractivity contribution >= 4 is 51.3 Å². The first-order valence-corrected chi connectivity index (χ1v) is 39.9. The fourth-order valence-corrected chi connectivity index (χ4v) is 12.5. The SMILES string of the molecule is CCCCCCCCCCC[C@H](CC(=O)N[C@@H](CO[C@@H]1OC(CO)[C@@H](OP(=O)(O)O)C(OC(=O)C[C@@H](CCCCCCCCCCC)OC(=O)CCCCC)[C@@H]1NC(=O)C[C@@H](CCCCCCCCCCC)OC(=O)CCCCC)COP(=O)(O)O)OC(=O)CCCCC. The summed E-state index contributed by atoms with van der Waals surface area (Å²) in [4.78, 5) is 123. The molecular formula is C69H130N2O21P2. The van der Waals surface area contributed by atoms with E-state index in [9.17, 15) is 62.6 Å². The van der Waals surface area contributed by atoms with Gasteiger partial charge in [0.25, 0.3) is 0 Å². The average Bonchev–Trinajstić information content (AvgIpc) is 0.783. The monoisotopic (exact) mass is 1380 g/mol.